The first kappa shape index (κ1) is 13.9. The van der Waals surface area contributed by atoms with E-state index in [0.29, 0.717) is 18.4 Å². The maximum absolute atomic E-state index is 12.3. The molecule has 3 nitrogen and oxygen atoms in total. The summed E-state index contributed by atoms with van der Waals surface area (Å²) in [5, 5.41) is 0. The van der Waals surface area contributed by atoms with Crippen molar-refractivity contribution in [3.05, 3.63) is 29.8 Å². The van der Waals surface area contributed by atoms with Crippen molar-refractivity contribution in [2.24, 2.45) is 5.92 Å². The zero-order valence-electron chi connectivity index (χ0n) is 11.9. The summed E-state index contributed by atoms with van der Waals surface area (Å²) in [6.07, 6.45) is 3.73. The molecule has 1 aliphatic heterocycles. The number of rotatable bonds is 3. The number of amides is 1. The van der Waals surface area contributed by atoms with E-state index in [1.54, 1.807) is 0 Å². The van der Waals surface area contributed by atoms with Gasteiger partial charge in [-0.05, 0) is 49.8 Å². The molecule has 1 amide bonds. The molecule has 104 valence electrons. The van der Waals surface area contributed by atoms with Crippen LogP contribution in [0.25, 0.3) is 0 Å². The molecule has 3 heteroatoms. The third kappa shape index (κ3) is 3.49. The molecule has 0 aromatic heterocycles. The highest BCUT2D eigenvalue weighted by Crippen LogP contribution is 2.23. The number of carbonyl (C=O) groups excluding carboxylic acids is 1. The van der Waals surface area contributed by atoms with Gasteiger partial charge in [0.05, 0.1) is 0 Å². The quantitative estimate of drug-likeness (QED) is 0.849. The second-order valence-electron chi connectivity index (χ2n) is 5.69. The fourth-order valence-electron chi connectivity index (χ4n) is 2.83. The van der Waals surface area contributed by atoms with E-state index < -0.39 is 0 Å². The highest BCUT2D eigenvalue weighted by molar-refractivity contribution is 5.77. The van der Waals surface area contributed by atoms with Gasteiger partial charge < -0.3 is 10.6 Å². The summed E-state index contributed by atoms with van der Waals surface area (Å²) >= 11 is 0. The second kappa shape index (κ2) is 6.09. The Morgan fingerprint density at radius 1 is 1.42 bits per heavy atom. The molecule has 0 spiro atoms. The SMILES string of the molecule is CC1CCCN(C(=O)CCc2cccc(N)c2)C1C. The largest absolute Gasteiger partial charge is 0.399 e. The van der Waals surface area contributed by atoms with E-state index in [9.17, 15) is 4.79 Å². The van der Waals surface area contributed by atoms with Gasteiger partial charge in [0, 0.05) is 24.7 Å². The minimum absolute atomic E-state index is 0.279. The summed E-state index contributed by atoms with van der Waals surface area (Å²) < 4.78 is 0. The molecule has 0 radical (unpaired) electrons. The average molecular weight is 260 g/mol. The predicted octanol–water partition coefficient (Wildman–Crippen LogP) is 2.85. The number of anilines is 1. The van der Waals surface area contributed by atoms with E-state index in [0.717, 1.165) is 30.6 Å². The molecule has 1 fully saturated rings. The zero-order valence-corrected chi connectivity index (χ0v) is 11.9. The maximum Gasteiger partial charge on any atom is 0.223 e. The fraction of sp³-hybridized carbons (Fsp3) is 0.562. The van der Waals surface area contributed by atoms with Crippen LogP contribution in [0.2, 0.25) is 0 Å². The van der Waals surface area contributed by atoms with Crippen LogP contribution < -0.4 is 5.73 Å². The zero-order chi connectivity index (χ0) is 13.8. The van der Waals surface area contributed by atoms with Gasteiger partial charge in [0.25, 0.3) is 0 Å². The van der Waals surface area contributed by atoms with Crippen LogP contribution >= 0.6 is 0 Å². The lowest BCUT2D eigenvalue weighted by molar-refractivity contribution is -0.135. The van der Waals surface area contributed by atoms with Gasteiger partial charge in [-0.1, -0.05) is 19.1 Å². The van der Waals surface area contributed by atoms with Gasteiger partial charge in [-0.25, -0.2) is 0 Å². The standard InChI is InChI=1S/C16H24N2O/c1-12-5-4-10-18(13(12)2)16(19)9-8-14-6-3-7-15(17)11-14/h3,6-7,11-13H,4-5,8-10,17H2,1-2H3. The first-order valence-corrected chi connectivity index (χ1v) is 7.22. The third-order valence-corrected chi connectivity index (χ3v) is 4.27. The van der Waals surface area contributed by atoms with Crippen molar-refractivity contribution in [3.8, 4) is 0 Å². The van der Waals surface area contributed by atoms with Crippen LogP contribution in [-0.4, -0.2) is 23.4 Å². The second-order valence-corrected chi connectivity index (χ2v) is 5.69. The molecule has 0 aliphatic carbocycles. The first-order chi connectivity index (χ1) is 9.08. The lowest BCUT2D eigenvalue weighted by Gasteiger charge is -2.38. The van der Waals surface area contributed by atoms with Gasteiger partial charge in [-0.3, -0.25) is 4.79 Å². The molecule has 2 unspecified atom stereocenters. The number of benzene rings is 1. The van der Waals surface area contributed by atoms with Crippen molar-refractivity contribution in [3.63, 3.8) is 0 Å². The van der Waals surface area contributed by atoms with E-state index in [1.165, 1.54) is 6.42 Å². The Kier molecular flexibility index (Phi) is 4.46. The number of nitrogen functional groups attached to an aromatic ring is 1. The van der Waals surface area contributed by atoms with Crippen molar-refractivity contribution >= 4 is 11.6 Å². The molecule has 2 N–H and O–H groups in total. The molecule has 2 rings (SSSR count). The van der Waals surface area contributed by atoms with Crippen molar-refractivity contribution in [2.45, 2.75) is 45.6 Å². The lowest BCUT2D eigenvalue weighted by Crippen LogP contribution is -2.46. The van der Waals surface area contributed by atoms with Crippen LogP contribution in [-0.2, 0) is 11.2 Å². The number of nitrogens with two attached hydrogens (primary N) is 1. The first-order valence-electron chi connectivity index (χ1n) is 7.22. The number of carbonyl (C=O) groups is 1. The van der Waals surface area contributed by atoms with E-state index >= 15 is 0 Å². The Morgan fingerprint density at radius 3 is 2.95 bits per heavy atom. The van der Waals surface area contributed by atoms with Crippen molar-refractivity contribution in [1.29, 1.82) is 0 Å². The van der Waals surface area contributed by atoms with Crippen LogP contribution in [0.5, 0.6) is 0 Å². The predicted molar refractivity (Wildman–Crippen MR) is 78.7 cm³/mol. The summed E-state index contributed by atoms with van der Waals surface area (Å²) in [5.74, 6) is 0.895. The Bertz CT molecular complexity index is 444. The van der Waals surface area contributed by atoms with Gasteiger partial charge >= 0.3 is 0 Å². The molecule has 1 aliphatic rings. The molecule has 1 heterocycles. The minimum Gasteiger partial charge on any atom is -0.399 e. The molecule has 0 bridgehead atoms. The lowest BCUT2D eigenvalue weighted by atomic mass is 9.91. The van der Waals surface area contributed by atoms with Gasteiger partial charge in [-0.2, -0.15) is 0 Å². The normalized spacial score (nSPS) is 23.4. The van der Waals surface area contributed by atoms with Gasteiger partial charge in [0.15, 0.2) is 0 Å². The van der Waals surface area contributed by atoms with E-state index in [2.05, 4.69) is 18.7 Å². The average Bonchev–Trinajstić information content (AvgIpc) is 2.39. The summed E-state index contributed by atoms with van der Waals surface area (Å²) in [6, 6.07) is 8.18. The highest BCUT2D eigenvalue weighted by Gasteiger charge is 2.27. The van der Waals surface area contributed by atoms with Crippen molar-refractivity contribution in [2.75, 3.05) is 12.3 Å². The van der Waals surface area contributed by atoms with Crippen LogP contribution in [0.3, 0.4) is 0 Å². The number of nitrogens with zero attached hydrogens (tertiary/aromatic N) is 1. The van der Waals surface area contributed by atoms with E-state index in [-0.39, 0.29) is 5.91 Å². The Hall–Kier alpha value is -1.51. The number of hydrogen-bond donors (Lipinski definition) is 1. The van der Waals surface area contributed by atoms with E-state index in [4.69, 9.17) is 5.73 Å². The van der Waals surface area contributed by atoms with Crippen LogP contribution in [0.4, 0.5) is 5.69 Å². The number of likely N-dealkylation sites (tertiary alicyclic amines) is 1. The summed E-state index contributed by atoms with van der Waals surface area (Å²) in [5.41, 5.74) is 7.67. The van der Waals surface area contributed by atoms with E-state index in [1.807, 2.05) is 24.3 Å². The molecule has 19 heavy (non-hydrogen) atoms. The Morgan fingerprint density at radius 2 is 2.21 bits per heavy atom. The third-order valence-electron chi connectivity index (χ3n) is 4.27. The molecule has 0 saturated carbocycles. The summed E-state index contributed by atoms with van der Waals surface area (Å²) in [4.78, 5) is 14.4. The maximum atomic E-state index is 12.3. The number of hydrogen-bond acceptors (Lipinski definition) is 2. The topological polar surface area (TPSA) is 46.3 Å². The Labute approximate surface area is 115 Å². The van der Waals surface area contributed by atoms with Gasteiger partial charge in [0.1, 0.15) is 0 Å². The van der Waals surface area contributed by atoms with Crippen LogP contribution in [0.15, 0.2) is 24.3 Å². The molecular weight excluding hydrogens is 236 g/mol. The fourth-order valence-corrected chi connectivity index (χ4v) is 2.83. The number of aryl methyl sites for hydroxylation is 1. The Balaban J connectivity index is 1.90. The molecule has 2 atom stereocenters. The smallest absolute Gasteiger partial charge is 0.223 e. The monoisotopic (exact) mass is 260 g/mol. The molecule has 1 aromatic carbocycles. The molecule has 1 aromatic rings. The minimum atomic E-state index is 0.279. The van der Waals surface area contributed by atoms with Crippen LogP contribution in [0, 0.1) is 5.92 Å². The van der Waals surface area contributed by atoms with Gasteiger partial charge in [0.2, 0.25) is 5.91 Å². The molecule has 1 saturated heterocycles. The highest BCUT2D eigenvalue weighted by atomic mass is 16.2. The van der Waals surface area contributed by atoms with Crippen molar-refractivity contribution < 1.29 is 4.79 Å². The van der Waals surface area contributed by atoms with Crippen molar-refractivity contribution in [1.82, 2.24) is 4.90 Å². The summed E-state index contributed by atoms with van der Waals surface area (Å²) in [7, 11) is 0. The summed E-state index contributed by atoms with van der Waals surface area (Å²) in [6.45, 7) is 5.32. The number of piperidine rings is 1. The van der Waals surface area contributed by atoms with Crippen LogP contribution in [0.1, 0.15) is 38.7 Å². The van der Waals surface area contributed by atoms with Gasteiger partial charge in [-0.15, -0.1) is 0 Å². The molecular formula is C16H24N2O.